The molecule has 1 aliphatic carbocycles. The molecule has 2 heterocycles. The first-order chi connectivity index (χ1) is 13.3. The van der Waals surface area contributed by atoms with Crippen LogP contribution >= 0.6 is 23.5 Å². The Balaban J connectivity index is 1.58. The van der Waals surface area contributed by atoms with E-state index in [4.69, 9.17) is 4.98 Å². The number of benzene rings is 2. The number of aromatic nitrogens is 2. The fourth-order valence-corrected chi connectivity index (χ4v) is 6.05. The Labute approximate surface area is 166 Å². The maximum Gasteiger partial charge on any atom is 0.174 e. The summed E-state index contributed by atoms with van der Waals surface area (Å²) in [5, 5.41) is 1.07. The molecule has 2 aliphatic rings. The minimum atomic E-state index is -0.195. The second kappa shape index (κ2) is 7.21. The number of hydrogen-bond acceptors (Lipinski definition) is 3. The first kappa shape index (κ1) is 17.1. The van der Waals surface area contributed by atoms with E-state index < -0.39 is 0 Å². The Morgan fingerprint density at radius 1 is 1.00 bits per heavy atom. The molecule has 136 valence electrons. The lowest BCUT2D eigenvalue weighted by Gasteiger charge is -2.26. The van der Waals surface area contributed by atoms with Crippen molar-refractivity contribution >= 4 is 23.5 Å². The first-order valence-electron chi connectivity index (χ1n) is 9.26. The van der Waals surface area contributed by atoms with Gasteiger partial charge in [-0.1, -0.05) is 42.1 Å². The predicted molar refractivity (Wildman–Crippen MR) is 110 cm³/mol. The van der Waals surface area contributed by atoms with E-state index in [2.05, 4.69) is 34.9 Å². The number of allylic oxidation sites excluding steroid dienone is 1. The molecule has 1 aromatic heterocycles. The number of rotatable bonds is 3. The van der Waals surface area contributed by atoms with E-state index in [9.17, 15) is 4.39 Å². The third-order valence-corrected chi connectivity index (χ3v) is 7.23. The molecular weight excluding hydrogens is 375 g/mol. The summed E-state index contributed by atoms with van der Waals surface area (Å²) in [7, 11) is 0. The highest BCUT2D eigenvalue weighted by Crippen LogP contribution is 2.47. The average molecular weight is 395 g/mol. The van der Waals surface area contributed by atoms with Crippen LogP contribution in [-0.2, 0) is 12.8 Å². The molecule has 0 N–H and O–H groups in total. The number of hydrogen-bond donors (Lipinski definition) is 0. The van der Waals surface area contributed by atoms with Gasteiger partial charge in [-0.3, -0.25) is 0 Å². The van der Waals surface area contributed by atoms with Crippen LogP contribution in [0.1, 0.15) is 35.8 Å². The van der Waals surface area contributed by atoms with E-state index in [-0.39, 0.29) is 11.9 Å². The number of halogens is 1. The summed E-state index contributed by atoms with van der Waals surface area (Å²) >= 11 is 3.52. The van der Waals surface area contributed by atoms with Crippen molar-refractivity contribution in [3.05, 3.63) is 87.7 Å². The van der Waals surface area contributed by atoms with Gasteiger partial charge in [0.15, 0.2) is 5.16 Å². The van der Waals surface area contributed by atoms with E-state index in [1.54, 1.807) is 35.7 Å². The molecule has 0 amide bonds. The molecule has 0 fully saturated rings. The zero-order valence-electron chi connectivity index (χ0n) is 14.8. The molecule has 0 spiro atoms. The van der Waals surface area contributed by atoms with Gasteiger partial charge in [0.1, 0.15) is 5.82 Å². The van der Waals surface area contributed by atoms with E-state index in [1.165, 1.54) is 33.4 Å². The number of fused-ring (bicyclic) bond motifs is 3. The number of thioether (sulfide) groups is 2. The quantitative estimate of drug-likeness (QED) is 0.524. The molecule has 0 radical (unpaired) electrons. The summed E-state index contributed by atoms with van der Waals surface area (Å²) in [4.78, 5) is 6.20. The van der Waals surface area contributed by atoms with Crippen molar-refractivity contribution in [2.45, 2.75) is 41.8 Å². The van der Waals surface area contributed by atoms with Crippen LogP contribution < -0.4 is 0 Å². The number of imidazole rings is 1. The molecule has 2 aromatic carbocycles. The predicted octanol–water partition coefficient (Wildman–Crippen LogP) is 6.23. The number of nitrogens with zero attached hydrogens (tertiary/aromatic N) is 2. The molecule has 2 nitrogen and oxygen atoms in total. The van der Waals surface area contributed by atoms with Crippen molar-refractivity contribution in [3.8, 4) is 0 Å². The van der Waals surface area contributed by atoms with Gasteiger partial charge < -0.3 is 4.57 Å². The van der Waals surface area contributed by atoms with Crippen molar-refractivity contribution in [2.75, 3.05) is 0 Å². The summed E-state index contributed by atoms with van der Waals surface area (Å²) in [5.74, 6) is -0.195. The smallest absolute Gasteiger partial charge is 0.174 e. The second-order valence-corrected chi connectivity index (χ2v) is 9.25. The van der Waals surface area contributed by atoms with Crippen LogP contribution in [0.2, 0.25) is 0 Å². The largest absolute Gasteiger partial charge is 0.311 e. The zero-order chi connectivity index (χ0) is 18.2. The summed E-state index contributed by atoms with van der Waals surface area (Å²) < 4.78 is 17.1. The average Bonchev–Trinajstić information content (AvgIpc) is 3.07. The molecule has 0 bridgehead atoms. The van der Waals surface area contributed by atoms with Crippen LogP contribution in [0.3, 0.4) is 0 Å². The summed E-state index contributed by atoms with van der Waals surface area (Å²) in [6.07, 6.45) is 6.88. The highest BCUT2D eigenvalue weighted by Gasteiger charge is 2.29. The van der Waals surface area contributed by atoms with Gasteiger partial charge in [-0.05, 0) is 73.4 Å². The standard InChI is InChI=1S/C22H19FN2S2/c23-16-12-10-15(11-13-16)20-14-21(26-17-6-2-1-3-7-17)27-22-24-18-8-4-5-9-19(18)25(20)22/h1-3,6-7,10-14,20H,4-5,8-9H2. The lowest BCUT2D eigenvalue weighted by atomic mass is 9.99. The van der Waals surface area contributed by atoms with Crippen molar-refractivity contribution in [2.24, 2.45) is 0 Å². The monoisotopic (exact) mass is 394 g/mol. The van der Waals surface area contributed by atoms with Gasteiger partial charge in [-0.15, -0.1) is 0 Å². The Kier molecular flexibility index (Phi) is 4.58. The van der Waals surface area contributed by atoms with Gasteiger partial charge >= 0.3 is 0 Å². The van der Waals surface area contributed by atoms with Crippen molar-refractivity contribution < 1.29 is 4.39 Å². The topological polar surface area (TPSA) is 17.8 Å². The lowest BCUT2D eigenvalue weighted by molar-refractivity contribution is 0.568. The maximum absolute atomic E-state index is 13.5. The molecule has 0 saturated carbocycles. The van der Waals surface area contributed by atoms with Crippen LogP contribution in [0.25, 0.3) is 0 Å². The van der Waals surface area contributed by atoms with Crippen LogP contribution in [0, 0.1) is 5.82 Å². The highest BCUT2D eigenvalue weighted by atomic mass is 32.2. The van der Waals surface area contributed by atoms with Gasteiger partial charge in [0.2, 0.25) is 0 Å². The SMILES string of the molecule is Fc1ccc(C2C=C(Sc3ccccc3)Sc3nc4c(n32)CCCC4)cc1. The molecule has 1 unspecified atom stereocenters. The second-order valence-electron chi connectivity index (χ2n) is 6.86. The molecular formula is C22H19FN2S2. The summed E-state index contributed by atoms with van der Waals surface area (Å²) in [5.41, 5.74) is 3.71. The Bertz CT molecular complexity index is 993. The van der Waals surface area contributed by atoms with Gasteiger partial charge in [0.05, 0.1) is 16.0 Å². The maximum atomic E-state index is 13.5. The van der Waals surface area contributed by atoms with Gasteiger partial charge in [-0.25, -0.2) is 9.37 Å². The molecule has 1 aliphatic heterocycles. The first-order valence-corrected chi connectivity index (χ1v) is 10.9. The van der Waals surface area contributed by atoms with E-state index in [0.29, 0.717) is 0 Å². The van der Waals surface area contributed by atoms with E-state index >= 15 is 0 Å². The summed E-state index contributed by atoms with van der Waals surface area (Å²) in [6.45, 7) is 0. The van der Waals surface area contributed by atoms with Gasteiger partial charge in [-0.2, -0.15) is 0 Å². The molecule has 1 atom stereocenters. The van der Waals surface area contributed by atoms with Gasteiger partial charge in [0, 0.05) is 10.6 Å². The van der Waals surface area contributed by atoms with Crippen LogP contribution in [0.5, 0.6) is 0 Å². The Hall–Kier alpha value is -1.98. The fourth-order valence-electron chi connectivity index (χ4n) is 3.79. The normalized spacial score (nSPS) is 18.6. The lowest BCUT2D eigenvalue weighted by Crippen LogP contribution is -2.17. The minimum Gasteiger partial charge on any atom is -0.311 e. The fraction of sp³-hybridized carbons (Fsp3) is 0.227. The molecule has 5 heteroatoms. The Morgan fingerprint density at radius 2 is 1.78 bits per heavy atom. The Morgan fingerprint density at radius 3 is 2.59 bits per heavy atom. The van der Waals surface area contributed by atoms with Crippen molar-refractivity contribution in [3.63, 3.8) is 0 Å². The molecule has 5 rings (SSSR count). The third kappa shape index (κ3) is 3.34. The third-order valence-electron chi connectivity index (χ3n) is 5.07. The number of aryl methyl sites for hydroxylation is 1. The minimum absolute atomic E-state index is 0.0717. The summed E-state index contributed by atoms with van der Waals surface area (Å²) in [6, 6.07) is 17.4. The van der Waals surface area contributed by atoms with Crippen LogP contribution in [0.15, 0.2) is 75.0 Å². The van der Waals surface area contributed by atoms with Crippen LogP contribution in [0.4, 0.5) is 4.39 Å². The highest BCUT2D eigenvalue weighted by molar-refractivity contribution is 8.22. The van der Waals surface area contributed by atoms with E-state index in [0.717, 1.165) is 23.6 Å². The van der Waals surface area contributed by atoms with E-state index in [1.807, 2.05) is 18.2 Å². The van der Waals surface area contributed by atoms with Gasteiger partial charge in [0.25, 0.3) is 0 Å². The van der Waals surface area contributed by atoms with Crippen LogP contribution in [-0.4, -0.2) is 9.55 Å². The molecule has 27 heavy (non-hydrogen) atoms. The molecule has 0 saturated heterocycles. The zero-order valence-corrected chi connectivity index (χ0v) is 16.4. The molecule has 3 aromatic rings. The van der Waals surface area contributed by atoms with Crippen molar-refractivity contribution in [1.29, 1.82) is 0 Å². The van der Waals surface area contributed by atoms with Crippen molar-refractivity contribution in [1.82, 2.24) is 9.55 Å².